The molecule has 162 valence electrons. The molecule has 1 saturated heterocycles. The molecule has 1 atom stereocenters. The average molecular weight is 430 g/mol. The third-order valence-corrected chi connectivity index (χ3v) is 5.65. The lowest BCUT2D eigenvalue weighted by Gasteiger charge is -2.24. The van der Waals surface area contributed by atoms with Crippen molar-refractivity contribution in [2.45, 2.75) is 32.7 Å². The number of rotatable bonds is 4. The number of Topliss-reactive ketones (excluding diaryl/α,β-unsaturated/α-hetero) is 1. The van der Waals surface area contributed by atoms with Crippen LogP contribution in [0.2, 0.25) is 0 Å². The van der Waals surface area contributed by atoms with E-state index in [-0.39, 0.29) is 17.2 Å². The van der Waals surface area contributed by atoms with Gasteiger partial charge in [-0.05, 0) is 36.1 Å². The number of benzene rings is 2. The maximum absolute atomic E-state index is 13.5. The molecule has 0 radical (unpaired) electrons. The van der Waals surface area contributed by atoms with Crippen LogP contribution in [0.25, 0.3) is 5.76 Å². The standard InChI is InChI=1S/C26H23FN2O3/c1-15(2)17-8-10-18(11-9-17)23-22(24(30)19-6-4-16(3)5-7-19)25(31)26(32)29(23)21-13-12-20(27)14-28-21/h4-15,23,30H,1-3H3. The number of aliphatic hydroxyl groups is 1. The Balaban J connectivity index is 1.91. The molecule has 0 saturated carbocycles. The first-order chi connectivity index (χ1) is 15.3. The van der Waals surface area contributed by atoms with Crippen LogP contribution >= 0.6 is 0 Å². The van der Waals surface area contributed by atoms with Gasteiger partial charge in [0.05, 0.1) is 17.8 Å². The number of carbonyl (C=O) groups is 2. The Kier molecular flexibility index (Phi) is 5.61. The molecule has 0 bridgehead atoms. The van der Waals surface area contributed by atoms with Crippen LogP contribution in [-0.2, 0) is 9.59 Å². The van der Waals surface area contributed by atoms with E-state index in [0.29, 0.717) is 17.0 Å². The van der Waals surface area contributed by atoms with E-state index in [2.05, 4.69) is 18.8 Å². The van der Waals surface area contributed by atoms with Crippen molar-refractivity contribution in [2.24, 2.45) is 0 Å². The van der Waals surface area contributed by atoms with Crippen LogP contribution in [-0.4, -0.2) is 21.8 Å². The predicted octanol–water partition coefficient (Wildman–Crippen LogP) is 5.28. The Hall–Kier alpha value is -3.80. The molecule has 1 aromatic heterocycles. The van der Waals surface area contributed by atoms with Gasteiger partial charge in [0.25, 0.3) is 5.78 Å². The van der Waals surface area contributed by atoms with Crippen LogP contribution in [0.5, 0.6) is 0 Å². The zero-order valence-corrected chi connectivity index (χ0v) is 18.0. The van der Waals surface area contributed by atoms with E-state index >= 15 is 0 Å². The molecule has 1 unspecified atom stereocenters. The van der Waals surface area contributed by atoms with E-state index in [1.807, 2.05) is 43.3 Å². The molecular weight excluding hydrogens is 407 g/mol. The lowest BCUT2D eigenvalue weighted by atomic mass is 9.93. The molecule has 1 N–H and O–H groups in total. The highest BCUT2D eigenvalue weighted by Gasteiger charge is 2.47. The minimum Gasteiger partial charge on any atom is -0.507 e. The maximum atomic E-state index is 13.5. The first-order valence-electron chi connectivity index (χ1n) is 10.4. The summed E-state index contributed by atoms with van der Waals surface area (Å²) in [5.41, 5.74) is 3.16. The smallest absolute Gasteiger partial charge is 0.301 e. The summed E-state index contributed by atoms with van der Waals surface area (Å²) in [6, 6.07) is 16.2. The van der Waals surface area contributed by atoms with Gasteiger partial charge >= 0.3 is 5.91 Å². The normalized spacial score (nSPS) is 17.9. The van der Waals surface area contributed by atoms with Gasteiger partial charge in [-0.2, -0.15) is 0 Å². The number of carbonyl (C=O) groups excluding carboxylic acids is 2. The van der Waals surface area contributed by atoms with E-state index in [4.69, 9.17) is 0 Å². The fourth-order valence-corrected chi connectivity index (χ4v) is 3.82. The number of aliphatic hydroxyl groups excluding tert-OH is 1. The highest BCUT2D eigenvalue weighted by Crippen LogP contribution is 2.41. The van der Waals surface area contributed by atoms with Gasteiger partial charge in [-0.3, -0.25) is 14.5 Å². The zero-order valence-electron chi connectivity index (χ0n) is 18.0. The molecule has 0 aliphatic carbocycles. The lowest BCUT2D eigenvalue weighted by Crippen LogP contribution is -2.30. The Morgan fingerprint density at radius 3 is 2.22 bits per heavy atom. The summed E-state index contributed by atoms with van der Waals surface area (Å²) < 4.78 is 13.5. The first-order valence-corrected chi connectivity index (χ1v) is 10.4. The van der Waals surface area contributed by atoms with Crippen molar-refractivity contribution in [1.29, 1.82) is 0 Å². The van der Waals surface area contributed by atoms with Crippen LogP contribution in [0.1, 0.15) is 48.1 Å². The van der Waals surface area contributed by atoms with Crippen LogP contribution in [0, 0.1) is 12.7 Å². The number of anilines is 1. The Morgan fingerprint density at radius 2 is 1.66 bits per heavy atom. The number of hydrogen-bond donors (Lipinski definition) is 1. The number of ketones is 1. The number of aryl methyl sites for hydroxylation is 1. The molecule has 5 nitrogen and oxygen atoms in total. The van der Waals surface area contributed by atoms with Crippen LogP contribution in [0.3, 0.4) is 0 Å². The minimum absolute atomic E-state index is 0.0257. The number of halogens is 1. The second-order valence-electron chi connectivity index (χ2n) is 8.19. The van der Waals surface area contributed by atoms with Crippen LogP contribution in [0.4, 0.5) is 10.2 Å². The highest BCUT2D eigenvalue weighted by molar-refractivity contribution is 6.51. The summed E-state index contributed by atoms with van der Waals surface area (Å²) >= 11 is 0. The molecule has 32 heavy (non-hydrogen) atoms. The first kappa shape index (κ1) is 21.4. The lowest BCUT2D eigenvalue weighted by molar-refractivity contribution is -0.132. The number of amides is 1. The molecule has 2 aromatic carbocycles. The summed E-state index contributed by atoms with van der Waals surface area (Å²) in [7, 11) is 0. The Labute approximate surface area is 185 Å². The van der Waals surface area contributed by atoms with E-state index in [1.54, 1.807) is 12.1 Å². The van der Waals surface area contributed by atoms with Gasteiger partial charge in [0.15, 0.2) is 0 Å². The molecule has 0 spiro atoms. The van der Waals surface area contributed by atoms with Crippen molar-refractivity contribution in [1.82, 2.24) is 4.98 Å². The topological polar surface area (TPSA) is 70.5 Å². The van der Waals surface area contributed by atoms with E-state index in [0.717, 1.165) is 17.3 Å². The van der Waals surface area contributed by atoms with Crippen molar-refractivity contribution in [2.75, 3.05) is 4.90 Å². The van der Waals surface area contributed by atoms with Crippen LogP contribution < -0.4 is 4.90 Å². The van der Waals surface area contributed by atoms with Gasteiger partial charge in [-0.25, -0.2) is 9.37 Å². The van der Waals surface area contributed by atoms with Gasteiger partial charge in [-0.1, -0.05) is 67.9 Å². The van der Waals surface area contributed by atoms with Crippen molar-refractivity contribution in [3.63, 3.8) is 0 Å². The molecular formula is C26H23FN2O3. The summed E-state index contributed by atoms with van der Waals surface area (Å²) in [5.74, 6) is -2.01. The largest absolute Gasteiger partial charge is 0.507 e. The van der Waals surface area contributed by atoms with Gasteiger partial charge in [0, 0.05) is 5.56 Å². The van der Waals surface area contributed by atoms with Gasteiger partial charge in [0.2, 0.25) is 0 Å². The van der Waals surface area contributed by atoms with Crippen LogP contribution in [0.15, 0.2) is 72.4 Å². The molecule has 1 amide bonds. The summed E-state index contributed by atoms with van der Waals surface area (Å²) in [6.07, 6.45) is 0.994. The van der Waals surface area contributed by atoms with Crippen molar-refractivity contribution in [3.8, 4) is 0 Å². The fourth-order valence-electron chi connectivity index (χ4n) is 3.82. The number of pyridine rings is 1. The zero-order chi connectivity index (χ0) is 23.0. The van der Waals surface area contributed by atoms with Crippen molar-refractivity contribution < 1.29 is 19.1 Å². The molecule has 3 aromatic rings. The molecule has 4 rings (SSSR count). The maximum Gasteiger partial charge on any atom is 0.301 e. The quantitative estimate of drug-likeness (QED) is 0.347. The van der Waals surface area contributed by atoms with Crippen molar-refractivity contribution in [3.05, 3.63) is 101 Å². The molecule has 6 heteroatoms. The number of hydrogen-bond acceptors (Lipinski definition) is 4. The van der Waals surface area contributed by atoms with E-state index in [1.165, 1.54) is 17.0 Å². The number of aromatic nitrogens is 1. The average Bonchev–Trinajstić information content (AvgIpc) is 3.05. The monoisotopic (exact) mass is 430 g/mol. The number of nitrogens with zero attached hydrogens (tertiary/aromatic N) is 2. The summed E-state index contributed by atoms with van der Waals surface area (Å²) in [4.78, 5) is 31.4. The SMILES string of the molecule is Cc1ccc(C(O)=C2C(=O)C(=O)N(c3ccc(F)cn3)C2c2ccc(C(C)C)cc2)cc1. The Morgan fingerprint density at radius 1 is 1.00 bits per heavy atom. The minimum atomic E-state index is -0.893. The van der Waals surface area contributed by atoms with Crippen molar-refractivity contribution >= 4 is 23.3 Å². The third kappa shape index (κ3) is 3.80. The fraction of sp³-hybridized carbons (Fsp3) is 0.192. The summed E-state index contributed by atoms with van der Waals surface area (Å²) in [6.45, 7) is 6.06. The van der Waals surface area contributed by atoms with E-state index in [9.17, 15) is 19.1 Å². The second-order valence-corrected chi connectivity index (χ2v) is 8.19. The highest BCUT2D eigenvalue weighted by atomic mass is 19.1. The third-order valence-electron chi connectivity index (χ3n) is 5.65. The van der Waals surface area contributed by atoms with Gasteiger partial charge in [-0.15, -0.1) is 0 Å². The molecule has 1 fully saturated rings. The van der Waals surface area contributed by atoms with Gasteiger partial charge < -0.3 is 5.11 Å². The summed E-state index contributed by atoms with van der Waals surface area (Å²) in [5, 5.41) is 11.1. The molecule has 1 aliphatic heterocycles. The molecule has 1 aliphatic rings. The second kappa shape index (κ2) is 8.38. The van der Waals surface area contributed by atoms with Gasteiger partial charge in [0.1, 0.15) is 17.4 Å². The molecule has 2 heterocycles. The van der Waals surface area contributed by atoms with E-state index < -0.39 is 23.5 Å². The predicted molar refractivity (Wildman–Crippen MR) is 121 cm³/mol. The Bertz CT molecular complexity index is 1200.